The van der Waals surface area contributed by atoms with E-state index in [1.54, 1.807) is 22.9 Å². The van der Waals surface area contributed by atoms with E-state index in [2.05, 4.69) is 22.6 Å². The summed E-state index contributed by atoms with van der Waals surface area (Å²) in [7, 11) is 0. The maximum atomic E-state index is 11.2. The minimum atomic E-state index is -0.0242. The first-order valence-electron chi connectivity index (χ1n) is 3.67. The molecule has 66 valence electrons. The van der Waals surface area contributed by atoms with Gasteiger partial charge in [-0.3, -0.25) is 9.36 Å². The molecular formula is C8H10INO2. The highest BCUT2D eigenvalue weighted by atomic mass is 127. The average Bonchev–Trinajstić information content (AvgIpc) is 2.07. The number of nitrogens with zero attached hydrogens (tertiary/aromatic N) is 1. The van der Waals surface area contributed by atoms with Crippen LogP contribution < -0.4 is 5.56 Å². The second-order valence-corrected chi connectivity index (χ2v) is 3.52. The number of hydrogen-bond donors (Lipinski definition) is 0. The normalized spacial score (nSPS) is 10.2. The maximum Gasteiger partial charge on any atom is 0.252 e. The fourth-order valence-electron chi connectivity index (χ4n) is 0.793. The molecule has 4 heteroatoms. The van der Waals surface area contributed by atoms with E-state index >= 15 is 0 Å². The van der Waals surface area contributed by atoms with Crippen LogP contribution in [0.5, 0.6) is 0 Å². The molecule has 0 radical (unpaired) electrons. The molecule has 0 spiro atoms. The Labute approximate surface area is 84.5 Å². The van der Waals surface area contributed by atoms with E-state index in [0.29, 0.717) is 13.3 Å². The minimum Gasteiger partial charge on any atom is -0.361 e. The van der Waals surface area contributed by atoms with Crippen LogP contribution in [0, 0.1) is 3.57 Å². The Hall–Kier alpha value is -0.360. The molecule has 0 aliphatic heterocycles. The van der Waals surface area contributed by atoms with E-state index in [1.807, 2.05) is 6.92 Å². The van der Waals surface area contributed by atoms with Crippen molar-refractivity contribution in [3.63, 3.8) is 0 Å². The van der Waals surface area contributed by atoms with Crippen LogP contribution >= 0.6 is 22.6 Å². The summed E-state index contributed by atoms with van der Waals surface area (Å²) in [5, 5.41) is 0. The van der Waals surface area contributed by atoms with Gasteiger partial charge in [0.1, 0.15) is 6.73 Å². The maximum absolute atomic E-state index is 11.2. The van der Waals surface area contributed by atoms with E-state index in [-0.39, 0.29) is 5.56 Å². The lowest BCUT2D eigenvalue weighted by atomic mass is 10.5. The fourth-order valence-corrected chi connectivity index (χ4v) is 1.31. The van der Waals surface area contributed by atoms with Crippen molar-refractivity contribution in [1.29, 1.82) is 0 Å². The van der Waals surface area contributed by atoms with Crippen LogP contribution in [-0.2, 0) is 11.5 Å². The van der Waals surface area contributed by atoms with Crippen molar-refractivity contribution in [1.82, 2.24) is 4.57 Å². The van der Waals surface area contributed by atoms with Crippen molar-refractivity contribution < 1.29 is 4.74 Å². The Kier molecular flexibility index (Phi) is 3.74. The molecule has 0 bridgehead atoms. The van der Waals surface area contributed by atoms with Gasteiger partial charge in [0, 0.05) is 22.4 Å². The third kappa shape index (κ3) is 2.60. The topological polar surface area (TPSA) is 31.2 Å². The summed E-state index contributed by atoms with van der Waals surface area (Å²) in [4.78, 5) is 11.2. The van der Waals surface area contributed by atoms with Crippen LogP contribution in [0.2, 0.25) is 0 Å². The summed E-state index contributed by atoms with van der Waals surface area (Å²) in [6, 6.07) is 3.33. The van der Waals surface area contributed by atoms with Gasteiger partial charge in [-0.25, -0.2) is 0 Å². The van der Waals surface area contributed by atoms with Gasteiger partial charge in [-0.05, 0) is 35.6 Å². The van der Waals surface area contributed by atoms with E-state index in [1.165, 1.54) is 0 Å². The standard InChI is InChI=1S/C8H10INO2/c1-2-12-6-10-5-7(9)3-4-8(10)11/h3-5H,2,6H2,1H3. The molecule has 12 heavy (non-hydrogen) atoms. The Morgan fingerprint density at radius 3 is 3.00 bits per heavy atom. The lowest BCUT2D eigenvalue weighted by molar-refractivity contribution is 0.0852. The van der Waals surface area contributed by atoms with Crippen LogP contribution in [0.1, 0.15) is 6.92 Å². The third-order valence-electron chi connectivity index (χ3n) is 1.38. The Bertz CT molecular complexity index is 308. The van der Waals surface area contributed by atoms with E-state index < -0.39 is 0 Å². The molecule has 1 heterocycles. The minimum absolute atomic E-state index is 0.0242. The largest absolute Gasteiger partial charge is 0.361 e. The molecule has 0 atom stereocenters. The van der Waals surface area contributed by atoms with Crippen LogP contribution in [0.3, 0.4) is 0 Å². The van der Waals surface area contributed by atoms with Gasteiger partial charge < -0.3 is 4.74 Å². The second-order valence-electron chi connectivity index (χ2n) is 2.28. The molecule has 0 saturated carbocycles. The Balaban J connectivity index is 2.83. The summed E-state index contributed by atoms with van der Waals surface area (Å²) < 4.78 is 7.70. The zero-order chi connectivity index (χ0) is 8.97. The van der Waals surface area contributed by atoms with Gasteiger partial charge in [-0.2, -0.15) is 0 Å². The molecule has 3 nitrogen and oxygen atoms in total. The Morgan fingerprint density at radius 1 is 1.58 bits per heavy atom. The first-order valence-corrected chi connectivity index (χ1v) is 4.75. The summed E-state index contributed by atoms with van der Waals surface area (Å²) >= 11 is 2.16. The molecule has 0 fully saturated rings. The molecule has 0 aromatic carbocycles. The van der Waals surface area contributed by atoms with Crippen LogP contribution in [-0.4, -0.2) is 11.2 Å². The predicted octanol–water partition coefficient (Wildman–Crippen LogP) is 1.45. The van der Waals surface area contributed by atoms with Gasteiger partial charge >= 0.3 is 0 Å². The first-order chi connectivity index (χ1) is 5.74. The molecule has 0 amide bonds. The molecule has 0 N–H and O–H groups in total. The SMILES string of the molecule is CCOCn1cc(I)ccc1=O. The van der Waals surface area contributed by atoms with Crippen molar-refractivity contribution >= 4 is 22.6 Å². The third-order valence-corrected chi connectivity index (χ3v) is 2.02. The number of hydrogen-bond acceptors (Lipinski definition) is 2. The molecular weight excluding hydrogens is 269 g/mol. The number of rotatable bonds is 3. The molecule has 1 aromatic heterocycles. The van der Waals surface area contributed by atoms with Crippen molar-refractivity contribution in [2.24, 2.45) is 0 Å². The number of pyridine rings is 1. The number of halogens is 1. The molecule has 0 aliphatic rings. The zero-order valence-corrected chi connectivity index (χ0v) is 8.95. The first kappa shape index (κ1) is 9.73. The van der Waals surface area contributed by atoms with Gasteiger partial charge in [-0.15, -0.1) is 0 Å². The summed E-state index contributed by atoms with van der Waals surface area (Å²) in [5.74, 6) is 0. The summed E-state index contributed by atoms with van der Waals surface area (Å²) in [6.07, 6.45) is 1.78. The van der Waals surface area contributed by atoms with Gasteiger partial charge in [0.15, 0.2) is 0 Å². The lowest BCUT2D eigenvalue weighted by Gasteiger charge is -2.04. The molecule has 1 rings (SSSR count). The molecule has 0 aliphatic carbocycles. The van der Waals surface area contributed by atoms with Crippen LogP contribution in [0.4, 0.5) is 0 Å². The molecule has 1 aromatic rings. The summed E-state index contributed by atoms with van der Waals surface area (Å²) in [6.45, 7) is 2.86. The quantitative estimate of drug-likeness (QED) is 0.784. The molecule has 0 unspecified atom stereocenters. The zero-order valence-electron chi connectivity index (χ0n) is 6.79. The van der Waals surface area contributed by atoms with E-state index in [9.17, 15) is 4.79 Å². The van der Waals surface area contributed by atoms with Crippen LogP contribution in [0.15, 0.2) is 23.1 Å². The van der Waals surface area contributed by atoms with Crippen LogP contribution in [0.25, 0.3) is 0 Å². The molecule has 0 saturated heterocycles. The number of aromatic nitrogens is 1. The fraction of sp³-hybridized carbons (Fsp3) is 0.375. The Morgan fingerprint density at radius 2 is 2.33 bits per heavy atom. The lowest BCUT2D eigenvalue weighted by Crippen LogP contribution is -2.20. The highest BCUT2D eigenvalue weighted by Gasteiger charge is 1.94. The van der Waals surface area contributed by atoms with Gasteiger partial charge in [-0.1, -0.05) is 0 Å². The van der Waals surface area contributed by atoms with E-state index in [4.69, 9.17) is 4.74 Å². The van der Waals surface area contributed by atoms with E-state index in [0.717, 1.165) is 3.57 Å². The van der Waals surface area contributed by atoms with Gasteiger partial charge in [0.2, 0.25) is 0 Å². The smallest absolute Gasteiger partial charge is 0.252 e. The van der Waals surface area contributed by atoms with Crippen molar-refractivity contribution in [3.05, 3.63) is 32.3 Å². The van der Waals surface area contributed by atoms with Crippen molar-refractivity contribution in [2.75, 3.05) is 6.61 Å². The van der Waals surface area contributed by atoms with Crippen molar-refractivity contribution in [2.45, 2.75) is 13.7 Å². The highest BCUT2D eigenvalue weighted by molar-refractivity contribution is 14.1. The monoisotopic (exact) mass is 279 g/mol. The average molecular weight is 279 g/mol. The van der Waals surface area contributed by atoms with Gasteiger partial charge in [0.25, 0.3) is 5.56 Å². The van der Waals surface area contributed by atoms with Crippen molar-refractivity contribution in [3.8, 4) is 0 Å². The number of ether oxygens (including phenoxy) is 1. The van der Waals surface area contributed by atoms with Gasteiger partial charge in [0.05, 0.1) is 0 Å². The highest BCUT2D eigenvalue weighted by Crippen LogP contribution is 1.99. The second kappa shape index (κ2) is 4.61. The summed E-state index contributed by atoms with van der Waals surface area (Å²) in [5.41, 5.74) is -0.0242. The predicted molar refractivity (Wildman–Crippen MR) is 55.0 cm³/mol.